The summed E-state index contributed by atoms with van der Waals surface area (Å²) in [5.41, 5.74) is 0.828. The smallest absolute Gasteiger partial charge is 0.260 e. The summed E-state index contributed by atoms with van der Waals surface area (Å²) < 4.78 is 7.31. The number of ether oxygens (including phenoxy) is 1. The van der Waals surface area contributed by atoms with Crippen LogP contribution in [0.5, 0.6) is 5.75 Å². The second kappa shape index (κ2) is 8.94. The number of hydrogen-bond donors (Lipinski definition) is 1. The maximum absolute atomic E-state index is 12.4. The zero-order valence-electron chi connectivity index (χ0n) is 16.2. The summed E-state index contributed by atoms with van der Waals surface area (Å²) in [5.74, 6) is 1.34. The number of nitrogens with zero attached hydrogens (tertiary/aromatic N) is 5. The molecule has 0 unspecified atom stereocenters. The van der Waals surface area contributed by atoms with Gasteiger partial charge in [-0.1, -0.05) is 6.92 Å². The highest BCUT2D eigenvalue weighted by Crippen LogP contribution is 2.18. The van der Waals surface area contributed by atoms with E-state index in [0.717, 1.165) is 24.7 Å². The van der Waals surface area contributed by atoms with E-state index in [1.165, 1.54) is 19.2 Å². The first-order valence-corrected chi connectivity index (χ1v) is 9.55. The van der Waals surface area contributed by atoms with Gasteiger partial charge in [0.2, 0.25) is 0 Å². The van der Waals surface area contributed by atoms with Gasteiger partial charge in [0.25, 0.3) is 5.91 Å². The van der Waals surface area contributed by atoms with Crippen molar-refractivity contribution in [3.63, 3.8) is 0 Å². The lowest BCUT2D eigenvalue weighted by molar-refractivity contribution is -0.127. The maximum atomic E-state index is 12.4. The lowest BCUT2D eigenvalue weighted by Gasteiger charge is -2.35. The maximum Gasteiger partial charge on any atom is 0.260 e. The molecule has 1 amide bonds. The first kappa shape index (κ1) is 19.3. The minimum absolute atomic E-state index is 0.100. The molecule has 1 aromatic carbocycles. The Bertz CT molecular complexity index is 710. The zero-order valence-corrected chi connectivity index (χ0v) is 16.2. The Morgan fingerprint density at radius 2 is 1.96 bits per heavy atom. The van der Waals surface area contributed by atoms with Gasteiger partial charge in [-0.25, -0.2) is 4.68 Å². The van der Waals surface area contributed by atoms with Crippen molar-refractivity contribution in [2.75, 3.05) is 19.6 Å². The van der Waals surface area contributed by atoms with Crippen LogP contribution in [0.4, 0.5) is 0 Å². The van der Waals surface area contributed by atoms with Gasteiger partial charge in [-0.15, -0.1) is 5.10 Å². The molecule has 1 aliphatic heterocycles. The largest absolute Gasteiger partial charge is 0.481 e. The minimum atomic E-state index is -0.558. The third-order valence-corrected chi connectivity index (χ3v) is 5.15. The molecule has 0 aliphatic carbocycles. The summed E-state index contributed by atoms with van der Waals surface area (Å²) in [6.45, 7) is 9.09. The van der Waals surface area contributed by atoms with Crippen molar-refractivity contribution >= 4 is 5.91 Å². The number of amides is 1. The Balaban J connectivity index is 1.44. The molecule has 1 aliphatic rings. The van der Waals surface area contributed by atoms with Gasteiger partial charge in [-0.2, -0.15) is 0 Å². The molecule has 3 rings (SSSR count). The Hall–Kier alpha value is -2.48. The molecule has 0 radical (unpaired) electrons. The fraction of sp³-hybridized carbons (Fsp3) is 0.579. The fourth-order valence-corrected chi connectivity index (χ4v) is 3.21. The van der Waals surface area contributed by atoms with E-state index in [-0.39, 0.29) is 5.91 Å². The van der Waals surface area contributed by atoms with Gasteiger partial charge in [0.05, 0.1) is 5.69 Å². The van der Waals surface area contributed by atoms with Crippen molar-refractivity contribution in [3.8, 4) is 11.4 Å². The first-order chi connectivity index (χ1) is 13.0. The Labute approximate surface area is 159 Å². The van der Waals surface area contributed by atoms with Gasteiger partial charge in [0, 0.05) is 12.6 Å². The van der Waals surface area contributed by atoms with E-state index in [2.05, 4.69) is 39.6 Å². The molecule has 8 heteroatoms. The molecular weight excluding hydrogens is 344 g/mol. The number of piperidine rings is 1. The van der Waals surface area contributed by atoms with Gasteiger partial charge in [0.15, 0.2) is 6.10 Å². The Morgan fingerprint density at radius 3 is 2.59 bits per heavy atom. The van der Waals surface area contributed by atoms with Crippen LogP contribution in [0, 0.1) is 5.92 Å². The number of tetrazole rings is 1. The first-order valence-electron chi connectivity index (χ1n) is 9.55. The van der Waals surface area contributed by atoms with E-state index in [4.69, 9.17) is 4.74 Å². The van der Waals surface area contributed by atoms with Crippen molar-refractivity contribution in [2.24, 2.45) is 5.92 Å². The highest BCUT2D eigenvalue weighted by Gasteiger charge is 2.22. The lowest BCUT2D eigenvalue weighted by atomic mass is 9.98. The standard InChI is InChI=1S/C19H28N6O2/c1-14-8-10-24(11-9-14)15(2)12-20-19(26)16(3)27-18-6-4-17(5-7-18)25-13-21-22-23-25/h4-7,13-16H,8-12H2,1-3H3,(H,20,26)/t15-,16-/m1/s1. The molecule has 8 nitrogen and oxygen atoms in total. The average molecular weight is 372 g/mol. The molecule has 1 aromatic heterocycles. The van der Waals surface area contributed by atoms with E-state index < -0.39 is 6.10 Å². The molecule has 2 atom stereocenters. The van der Waals surface area contributed by atoms with E-state index in [1.54, 1.807) is 23.7 Å². The van der Waals surface area contributed by atoms with Crippen LogP contribution in [-0.2, 0) is 4.79 Å². The molecule has 2 aromatic rings. The van der Waals surface area contributed by atoms with E-state index in [0.29, 0.717) is 18.3 Å². The molecule has 1 fully saturated rings. The van der Waals surface area contributed by atoms with Gasteiger partial charge < -0.3 is 10.1 Å². The van der Waals surface area contributed by atoms with Crippen molar-refractivity contribution < 1.29 is 9.53 Å². The number of carbonyl (C=O) groups excluding carboxylic acids is 1. The summed E-state index contributed by atoms with van der Waals surface area (Å²) in [7, 11) is 0. The molecule has 0 saturated carbocycles. The second-order valence-electron chi connectivity index (χ2n) is 7.32. The van der Waals surface area contributed by atoms with E-state index in [1.807, 2.05) is 12.1 Å². The van der Waals surface area contributed by atoms with Crippen molar-refractivity contribution in [2.45, 2.75) is 45.8 Å². The third-order valence-electron chi connectivity index (χ3n) is 5.15. The third kappa shape index (κ3) is 5.26. The number of aromatic nitrogens is 4. The number of hydrogen-bond acceptors (Lipinski definition) is 6. The van der Waals surface area contributed by atoms with Crippen LogP contribution >= 0.6 is 0 Å². The average Bonchev–Trinajstić information content (AvgIpc) is 3.21. The van der Waals surface area contributed by atoms with Gasteiger partial charge in [-0.3, -0.25) is 9.69 Å². The van der Waals surface area contributed by atoms with E-state index in [9.17, 15) is 4.79 Å². The number of carbonyl (C=O) groups is 1. The molecule has 0 spiro atoms. The summed E-state index contributed by atoms with van der Waals surface area (Å²) in [4.78, 5) is 14.8. The normalized spacial score (nSPS) is 18.0. The van der Waals surface area contributed by atoms with Crippen LogP contribution in [0.2, 0.25) is 0 Å². The monoisotopic (exact) mass is 372 g/mol. The van der Waals surface area contributed by atoms with Crippen LogP contribution in [0.3, 0.4) is 0 Å². The Morgan fingerprint density at radius 1 is 1.26 bits per heavy atom. The highest BCUT2D eigenvalue weighted by molar-refractivity contribution is 5.80. The molecule has 27 heavy (non-hydrogen) atoms. The van der Waals surface area contributed by atoms with Crippen molar-refractivity contribution in [1.82, 2.24) is 30.4 Å². The molecule has 0 bridgehead atoms. The van der Waals surface area contributed by atoms with Crippen LogP contribution in [0.25, 0.3) is 5.69 Å². The minimum Gasteiger partial charge on any atom is -0.481 e. The second-order valence-corrected chi connectivity index (χ2v) is 7.32. The molecule has 1 saturated heterocycles. The topological polar surface area (TPSA) is 85.2 Å². The fourth-order valence-electron chi connectivity index (χ4n) is 3.21. The highest BCUT2D eigenvalue weighted by atomic mass is 16.5. The zero-order chi connectivity index (χ0) is 19.2. The van der Waals surface area contributed by atoms with E-state index >= 15 is 0 Å². The SMILES string of the molecule is CC1CCN([C@H](C)CNC(=O)[C@@H](C)Oc2ccc(-n3cnnn3)cc2)CC1. The summed E-state index contributed by atoms with van der Waals surface area (Å²) in [6, 6.07) is 7.63. The molecule has 2 heterocycles. The molecule has 1 N–H and O–H groups in total. The number of nitrogens with one attached hydrogen (secondary N) is 1. The van der Waals surface area contributed by atoms with Crippen LogP contribution in [0.15, 0.2) is 30.6 Å². The summed E-state index contributed by atoms with van der Waals surface area (Å²) >= 11 is 0. The number of rotatable bonds is 7. The van der Waals surface area contributed by atoms with Crippen molar-refractivity contribution in [1.29, 1.82) is 0 Å². The summed E-state index contributed by atoms with van der Waals surface area (Å²) in [5, 5.41) is 14.1. The van der Waals surface area contributed by atoms with Crippen molar-refractivity contribution in [3.05, 3.63) is 30.6 Å². The van der Waals surface area contributed by atoms with Gasteiger partial charge in [-0.05, 0) is 80.4 Å². The molecule has 146 valence electrons. The summed E-state index contributed by atoms with van der Waals surface area (Å²) in [6.07, 6.45) is 3.44. The predicted molar refractivity (Wildman–Crippen MR) is 102 cm³/mol. The van der Waals surface area contributed by atoms with Crippen LogP contribution < -0.4 is 10.1 Å². The molecular formula is C19H28N6O2. The predicted octanol–water partition coefficient (Wildman–Crippen LogP) is 1.67. The van der Waals surface area contributed by atoms with Gasteiger partial charge >= 0.3 is 0 Å². The lowest BCUT2D eigenvalue weighted by Crippen LogP contribution is -2.47. The quantitative estimate of drug-likeness (QED) is 0.796. The number of benzene rings is 1. The number of likely N-dealkylation sites (tertiary alicyclic amines) is 1. The Kier molecular flexibility index (Phi) is 6.39. The van der Waals surface area contributed by atoms with Crippen LogP contribution in [-0.4, -0.2) is 62.8 Å². The van der Waals surface area contributed by atoms with Gasteiger partial charge in [0.1, 0.15) is 12.1 Å². The van der Waals surface area contributed by atoms with Crippen LogP contribution in [0.1, 0.15) is 33.6 Å².